The van der Waals surface area contributed by atoms with E-state index in [4.69, 9.17) is 4.98 Å². The van der Waals surface area contributed by atoms with E-state index in [0.29, 0.717) is 6.42 Å². The summed E-state index contributed by atoms with van der Waals surface area (Å²) in [5, 5.41) is 6.31. The molecule has 6 heteroatoms. The molecule has 0 atom stereocenters. The number of amides is 1. The number of benzene rings is 1. The van der Waals surface area contributed by atoms with Gasteiger partial charge in [0.25, 0.3) is 0 Å². The molecule has 174 valence electrons. The lowest BCUT2D eigenvalue weighted by Gasteiger charge is -2.37. The second-order valence-electron chi connectivity index (χ2n) is 9.63. The molecule has 0 bridgehead atoms. The van der Waals surface area contributed by atoms with Gasteiger partial charge in [-0.05, 0) is 106 Å². The van der Waals surface area contributed by atoms with Gasteiger partial charge >= 0.3 is 0 Å². The Morgan fingerprint density at radius 2 is 1.88 bits per heavy atom. The lowest BCUT2D eigenvalue weighted by atomic mass is 10.0. The molecule has 2 aliphatic heterocycles. The topological polar surface area (TPSA) is 48.5 Å². The number of nitrogens with one attached hydrogen (secondary N) is 1. The monoisotopic (exact) mass is 462 g/mol. The van der Waals surface area contributed by atoms with Crippen LogP contribution in [0.15, 0.2) is 35.7 Å². The molecule has 0 radical (unpaired) electrons. The van der Waals surface area contributed by atoms with Crippen molar-refractivity contribution in [2.24, 2.45) is 0 Å². The molecule has 0 saturated carbocycles. The Morgan fingerprint density at radius 3 is 2.61 bits per heavy atom. The highest BCUT2D eigenvalue weighted by molar-refractivity contribution is 7.10. The largest absolute Gasteiger partial charge is 0.356 e. The Morgan fingerprint density at radius 1 is 1.09 bits per heavy atom. The third-order valence-corrected chi connectivity index (χ3v) is 8.23. The van der Waals surface area contributed by atoms with Gasteiger partial charge in [-0.15, -0.1) is 11.3 Å². The van der Waals surface area contributed by atoms with Gasteiger partial charge in [0.1, 0.15) is 5.82 Å². The van der Waals surface area contributed by atoms with E-state index < -0.39 is 0 Å². The first-order chi connectivity index (χ1) is 16.0. The number of likely N-dealkylation sites (tertiary alicyclic amines) is 1. The fourth-order valence-electron chi connectivity index (χ4n) is 5.26. The fourth-order valence-corrected chi connectivity index (χ4v) is 6.14. The Balaban J connectivity index is 1.22. The zero-order valence-corrected chi connectivity index (χ0v) is 20.6. The van der Waals surface area contributed by atoms with Gasteiger partial charge < -0.3 is 15.1 Å². The summed E-state index contributed by atoms with van der Waals surface area (Å²) in [5.41, 5.74) is 4.32. The maximum Gasteiger partial charge on any atom is 0.224 e. The highest BCUT2D eigenvalue weighted by atomic mass is 32.1. The molecule has 0 spiro atoms. The summed E-state index contributed by atoms with van der Waals surface area (Å²) in [7, 11) is 0. The number of hydrogen-bond donors (Lipinski definition) is 1. The number of carbonyl (C=O) groups excluding carboxylic acids is 1. The van der Waals surface area contributed by atoms with Crippen LogP contribution in [0.1, 0.15) is 48.1 Å². The number of anilines is 2. The van der Waals surface area contributed by atoms with Crippen molar-refractivity contribution in [3.05, 3.63) is 51.7 Å². The maximum atomic E-state index is 12.5. The average Bonchev–Trinajstić information content (AvgIpc) is 3.50. The number of fused-ring (bicyclic) bond motifs is 1. The minimum absolute atomic E-state index is 0.0588. The molecule has 5 nitrogen and oxygen atoms in total. The smallest absolute Gasteiger partial charge is 0.224 e. The first kappa shape index (κ1) is 22.4. The minimum Gasteiger partial charge on any atom is -0.356 e. The van der Waals surface area contributed by atoms with Gasteiger partial charge in [-0.1, -0.05) is 0 Å². The van der Waals surface area contributed by atoms with Crippen LogP contribution in [-0.2, 0) is 11.2 Å². The van der Waals surface area contributed by atoms with Crippen molar-refractivity contribution in [3.8, 4) is 0 Å². The Labute approximate surface area is 200 Å². The zero-order valence-electron chi connectivity index (χ0n) is 19.8. The van der Waals surface area contributed by atoms with Gasteiger partial charge in [0.05, 0.1) is 5.52 Å². The Bertz CT molecular complexity index is 1130. The number of hydrogen-bond acceptors (Lipinski definition) is 5. The fraction of sp³-hybridized carbons (Fsp3) is 0.481. The minimum atomic E-state index is 0.0588. The van der Waals surface area contributed by atoms with Crippen LogP contribution in [0, 0.1) is 13.8 Å². The molecular weight excluding hydrogens is 428 g/mol. The van der Waals surface area contributed by atoms with Gasteiger partial charge in [-0.3, -0.25) is 4.79 Å². The second-order valence-corrected chi connectivity index (χ2v) is 10.6. The van der Waals surface area contributed by atoms with Crippen LogP contribution >= 0.6 is 11.3 Å². The maximum absolute atomic E-state index is 12.5. The summed E-state index contributed by atoms with van der Waals surface area (Å²) in [6.45, 7) is 8.96. The molecule has 4 heterocycles. The summed E-state index contributed by atoms with van der Waals surface area (Å²) in [6, 6.07) is 11.2. The quantitative estimate of drug-likeness (QED) is 0.522. The Hall–Kier alpha value is -2.44. The number of aromatic nitrogens is 1. The second kappa shape index (κ2) is 9.82. The van der Waals surface area contributed by atoms with Gasteiger partial charge in [0.2, 0.25) is 5.91 Å². The SMILES string of the molecule is Cc1csc(CCC(=O)Nc2ccc3nc(N4CCC(N5CCCC5)CC4)cc(C)c3c2)c1. The van der Waals surface area contributed by atoms with Crippen molar-refractivity contribution in [1.29, 1.82) is 0 Å². The molecular formula is C27H34N4OS. The molecule has 2 fully saturated rings. The number of carbonyl (C=O) groups is 1. The van der Waals surface area contributed by atoms with Crippen molar-refractivity contribution in [2.75, 3.05) is 36.4 Å². The molecule has 1 aromatic carbocycles. The number of pyridine rings is 1. The van der Waals surface area contributed by atoms with E-state index >= 15 is 0 Å². The van der Waals surface area contributed by atoms with Crippen molar-refractivity contribution in [3.63, 3.8) is 0 Å². The van der Waals surface area contributed by atoms with E-state index in [1.165, 1.54) is 54.8 Å². The number of rotatable bonds is 6. The third-order valence-electron chi connectivity index (χ3n) is 7.11. The summed E-state index contributed by atoms with van der Waals surface area (Å²) in [6.07, 6.45) is 6.48. The van der Waals surface area contributed by atoms with Gasteiger partial charge in [-0.2, -0.15) is 0 Å². The summed E-state index contributed by atoms with van der Waals surface area (Å²) >= 11 is 1.73. The third kappa shape index (κ3) is 5.22. The predicted octanol–water partition coefficient (Wildman–Crippen LogP) is 5.55. The lowest BCUT2D eigenvalue weighted by Crippen LogP contribution is -2.44. The van der Waals surface area contributed by atoms with Gasteiger partial charge in [0.15, 0.2) is 0 Å². The van der Waals surface area contributed by atoms with E-state index in [0.717, 1.165) is 48.0 Å². The van der Waals surface area contributed by atoms with Crippen molar-refractivity contribution >= 4 is 39.7 Å². The zero-order chi connectivity index (χ0) is 22.8. The van der Waals surface area contributed by atoms with E-state index in [2.05, 4.69) is 52.5 Å². The summed E-state index contributed by atoms with van der Waals surface area (Å²) in [4.78, 5) is 23.8. The number of piperidine rings is 1. The van der Waals surface area contributed by atoms with Crippen molar-refractivity contribution in [2.45, 2.75) is 58.4 Å². The molecule has 33 heavy (non-hydrogen) atoms. The van der Waals surface area contributed by atoms with Crippen LogP contribution in [0.25, 0.3) is 10.9 Å². The Kier molecular flexibility index (Phi) is 6.65. The highest BCUT2D eigenvalue weighted by Gasteiger charge is 2.27. The molecule has 2 aromatic heterocycles. The lowest BCUT2D eigenvalue weighted by molar-refractivity contribution is -0.116. The van der Waals surface area contributed by atoms with Gasteiger partial charge in [0, 0.05) is 41.5 Å². The molecule has 2 aliphatic rings. The van der Waals surface area contributed by atoms with Crippen LogP contribution < -0.4 is 10.2 Å². The summed E-state index contributed by atoms with van der Waals surface area (Å²) < 4.78 is 0. The first-order valence-corrected chi connectivity index (χ1v) is 13.2. The molecule has 2 saturated heterocycles. The van der Waals surface area contributed by atoms with Crippen LogP contribution in [0.2, 0.25) is 0 Å². The van der Waals surface area contributed by atoms with E-state index in [-0.39, 0.29) is 5.91 Å². The van der Waals surface area contributed by atoms with E-state index in [1.807, 2.05) is 12.1 Å². The summed E-state index contributed by atoms with van der Waals surface area (Å²) in [5.74, 6) is 1.14. The highest BCUT2D eigenvalue weighted by Crippen LogP contribution is 2.28. The number of thiophene rings is 1. The average molecular weight is 463 g/mol. The molecule has 1 N–H and O–H groups in total. The normalized spacial score (nSPS) is 17.7. The van der Waals surface area contributed by atoms with Crippen LogP contribution in [-0.4, -0.2) is 48.0 Å². The first-order valence-electron chi connectivity index (χ1n) is 12.3. The van der Waals surface area contributed by atoms with Crippen molar-refractivity contribution < 1.29 is 4.79 Å². The van der Waals surface area contributed by atoms with Crippen LogP contribution in [0.5, 0.6) is 0 Å². The van der Waals surface area contributed by atoms with Gasteiger partial charge in [-0.25, -0.2) is 4.98 Å². The predicted molar refractivity (Wildman–Crippen MR) is 139 cm³/mol. The number of aryl methyl sites for hydroxylation is 3. The molecule has 5 rings (SSSR count). The van der Waals surface area contributed by atoms with Crippen LogP contribution in [0.4, 0.5) is 11.5 Å². The van der Waals surface area contributed by atoms with E-state index in [9.17, 15) is 4.79 Å². The molecule has 0 aliphatic carbocycles. The van der Waals surface area contributed by atoms with E-state index in [1.54, 1.807) is 11.3 Å². The standard InChI is InChI=1S/C27H34N4OS/c1-19-15-23(33-18-19)6-8-27(32)28-21-5-7-25-24(17-21)20(2)16-26(29-25)31-13-9-22(10-14-31)30-11-3-4-12-30/h5,7,15-18,22H,3-4,6,8-14H2,1-2H3,(H,28,32). The molecule has 0 unspecified atom stereocenters. The number of nitrogens with zero attached hydrogens (tertiary/aromatic N) is 3. The molecule has 1 amide bonds. The molecule has 3 aromatic rings. The van der Waals surface area contributed by atoms with Crippen molar-refractivity contribution in [1.82, 2.24) is 9.88 Å². The van der Waals surface area contributed by atoms with Crippen LogP contribution in [0.3, 0.4) is 0 Å².